The van der Waals surface area contributed by atoms with Gasteiger partial charge in [0.05, 0.1) is 11.3 Å². The molecule has 0 radical (unpaired) electrons. The molecule has 0 aliphatic heterocycles. The van der Waals surface area contributed by atoms with Gasteiger partial charge in [-0.15, -0.1) is 0 Å². The fourth-order valence-corrected chi connectivity index (χ4v) is 3.88. The number of ether oxygens (including phenoxy) is 1. The second-order valence-electron chi connectivity index (χ2n) is 7.56. The summed E-state index contributed by atoms with van der Waals surface area (Å²) in [4.78, 5) is 36.8. The van der Waals surface area contributed by atoms with E-state index in [1.807, 2.05) is 0 Å². The lowest BCUT2D eigenvalue weighted by Crippen LogP contribution is -2.23. The highest BCUT2D eigenvalue weighted by Gasteiger charge is 2.43. The van der Waals surface area contributed by atoms with Crippen LogP contribution in [-0.4, -0.2) is 42.3 Å². The summed E-state index contributed by atoms with van der Waals surface area (Å²) in [6.07, 6.45) is 1.90. The normalized spacial score (nSPS) is 17.9. The molecule has 2 atom stereocenters. The second-order valence-corrected chi connectivity index (χ2v) is 7.97. The Morgan fingerprint density at radius 2 is 2.03 bits per heavy atom. The number of hydrogen-bond donors (Lipinski definition) is 2. The molecule has 0 spiro atoms. The van der Waals surface area contributed by atoms with Crippen LogP contribution < -0.4 is 16.0 Å². The predicted molar refractivity (Wildman–Crippen MR) is 111 cm³/mol. The quantitative estimate of drug-likeness (QED) is 0.455. The summed E-state index contributed by atoms with van der Waals surface area (Å²) >= 11 is 5.95. The van der Waals surface area contributed by atoms with Crippen molar-refractivity contribution in [3.63, 3.8) is 0 Å². The van der Waals surface area contributed by atoms with Crippen molar-refractivity contribution in [3.05, 3.63) is 74.0 Å². The number of nitrogens with one attached hydrogen (secondary N) is 2. The van der Waals surface area contributed by atoms with Gasteiger partial charge in [0.25, 0.3) is 5.56 Å². The SMILES string of the molecule is O=c1[nH]cc(-c2cc([C@H]3C[C@@H]3c3cc(OCC(F)(F)F)c(Cl)cn3)c3nccn3n2)c(=O)[nH]1. The molecule has 170 valence electrons. The number of nitrogens with zero attached hydrogens (tertiary/aromatic N) is 4. The van der Waals surface area contributed by atoms with Crippen LogP contribution >= 0.6 is 11.6 Å². The van der Waals surface area contributed by atoms with Crippen LogP contribution in [0, 0.1) is 0 Å². The molecule has 0 bridgehead atoms. The van der Waals surface area contributed by atoms with Crippen LogP contribution in [0.3, 0.4) is 0 Å². The zero-order valence-electron chi connectivity index (χ0n) is 16.6. The summed E-state index contributed by atoms with van der Waals surface area (Å²) in [6.45, 7) is -1.46. The monoisotopic (exact) mass is 478 g/mol. The lowest BCUT2D eigenvalue weighted by Gasteiger charge is -2.11. The first-order chi connectivity index (χ1) is 15.7. The molecule has 2 N–H and O–H groups in total. The lowest BCUT2D eigenvalue weighted by molar-refractivity contribution is -0.153. The predicted octanol–water partition coefficient (Wildman–Crippen LogP) is 3.03. The number of hydrogen-bond acceptors (Lipinski definition) is 6. The Balaban J connectivity index is 1.49. The minimum absolute atomic E-state index is 0.0145. The van der Waals surface area contributed by atoms with Gasteiger partial charge < -0.3 is 9.72 Å². The van der Waals surface area contributed by atoms with E-state index < -0.39 is 24.0 Å². The number of rotatable bonds is 5. The Hall–Kier alpha value is -3.67. The van der Waals surface area contributed by atoms with Gasteiger partial charge in [-0.2, -0.15) is 18.3 Å². The average Bonchev–Trinajstić information content (AvgIpc) is 3.40. The molecule has 0 saturated heterocycles. The molecule has 13 heteroatoms. The molecule has 9 nitrogen and oxygen atoms in total. The van der Waals surface area contributed by atoms with Crippen LogP contribution in [-0.2, 0) is 0 Å². The minimum atomic E-state index is -4.49. The number of fused-ring (bicyclic) bond motifs is 1. The number of imidazole rings is 1. The molecule has 1 saturated carbocycles. The van der Waals surface area contributed by atoms with Crippen molar-refractivity contribution >= 4 is 17.2 Å². The Kier molecular flexibility index (Phi) is 4.96. The maximum Gasteiger partial charge on any atom is 0.422 e. The molecular weight excluding hydrogens is 465 g/mol. The summed E-state index contributed by atoms with van der Waals surface area (Å²) in [6, 6.07) is 3.13. The third kappa shape index (κ3) is 4.21. The number of alkyl halides is 3. The second kappa shape index (κ2) is 7.73. The molecule has 5 rings (SSSR count). The number of H-pyrrole nitrogens is 2. The van der Waals surface area contributed by atoms with Crippen LogP contribution in [0.2, 0.25) is 5.02 Å². The molecule has 4 aromatic heterocycles. The van der Waals surface area contributed by atoms with E-state index in [0.717, 1.165) is 5.56 Å². The van der Waals surface area contributed by atoms with Gasteiger partial charge in [-0.1, -0.05) is 11.6 Å². The van der Waals surface area contributed by atoms with E-state index in [1.54, 1.807) is 18.5 Å². The number of halogens is 4. The van der Waals surface area contributed by atoms with E-state index in [0.29, 0.717) is 23.5 Å². The van der Waals surface area contributed by atoms with Crippen molar-refractivity contribution in [1.82, 2.24) is 29.5 Å². The van der Waals surface area contributed by atoms with Gasteiger partial charge in [-0.25, -0.2) is 14.3 Å². The highest BCUT2D eigenvalue weighted by Crippen LogP contribution is 2.55. The maximum atomic E-state index is 12.5. The van der Waals surface area contributed by atoms with Gasteiger partial charge in [0, 0.05) is 48.0 Å². The standard InChI is InChI=1S/C20H14ClF3N6O3/c21-13-7-26-14(5-16(13)33-8-20(22,23)24)10-3-9(10)11-4-15(29-30-2-1-25-17(11)30)12-6-27-19(32)28-18(12)31/h1-2,4-7,9-10H,3,8H2,(H2,27,28,31,32)/t9-,10-/m0/s1. The van der Waals surface area contributed by atoms with Gasteiger partial charge >= 0.3 is 11.9 Å². The molecular formula is C20H14ClF3N6O3. The van der Waals surface area contributed by atoms with E-state index in [2.05, 4.69) is 25.0 Å². The van der Waals surface area contributed by atoms with Crippen LogP contribution in [0.15, 0.2) is 46.5 Å². The molecule has 1 aliphatic carbocycles. The molecule has 0 amide bonds. The highest BCUT2D eigenvalue weighted by atomic mass is 35.5. The van der Waals surface area contributed by atoms with E-state index >= 15 is 0 Å². The van der Waals surface area contributed by atoms with Gasteiger partial charge in [-0.3, -0.25) is 14.8 Å². The van der Waals surface area contributed by atoms with Crippen molar-refractivity contribution in [2.75, 3.05) is 6.61 Å². The van der Waals surface area contributed by atoms with Crippen LogP contribution in [0.5, 0.6) is 5.75 Å². The third-order valence-electron chi connectivity index (χ3n) is 5.29. The first-order valence-electron chi connectivity index (χ1n) is 9.71. The topological polar surface area (TPSA) is 118 Å². The summed E-state index contributed by atoms with van der Waals surface area (Å²) in [5, 5.41) is 4.38. The van der Waals surface area contributed by atoms with Crippen LogP contribution in [0.1, 0.15) is 29.5 Å². The maximum absolute atomic E-state index is 12.5. The average molecular weight is 479 g/mol. The van der Waals surface area contributed by atoms with Crippen molar-refractivity contribution in [1.29, 1.82) is 0 Å². The molecule has 4 heterocycles. The molecule has 4 aromatic rings. The largest absolute Gasteiger partial charge is 0.482 e. The summed E-state index contributed by atoms with van der Waals surface area (Å²) in [7, 11) is 0. The van der Waals surface area contributed by atoms with Crippen LogP contribution in [0.4, 0.5) is 13.2 Å². The minimum Gasteiger partial charge on any atom is -0.482 e. The summed E-state index contributed by atoms with van der Waals surface area (Å²) in [5.74, 6) is -0.270. The van der Waals surface area contributed by atoms with Crippen molar-refractivity contribution < 1.29 is 17.9 Å². The third-order valence-corrected chi connectivity index (χ3v) is 5.57. The number of aromatic amines is 2. The van der Waals surface area contributed by atoms with Gasteiger partial charge in [0.1, 0.15) is 10.8 Å². The van der Waals surface area contributed by atoms with Crippen molar-refractivity contribution in [2.45, 2.75) is 24.4 Å². The van der Waals surface area contributed by atoms with E-state index in [9.17, 15) is 22.8 Å². The first kappa shape index (κ1) is 21.2. The highest BCUT2D eigenvalue weighted by molar-refractivity contribution is 6.31. The van der Waals surface area contributed by atoms with E-state index in [1.165, 1.54) is 23.0 Å². The van der Waals surface area contributed by atoms with E-state index in [-0.39, 0.29) is 28.2 Å². The first-order valence-corrected chi connectivity index (χ1v) is 10.1. The fraction of sp³-hybridized carbons (Fsp3) is 0.250. The van der Waals surface area contributed by atoms with Crippen molar-refractivity contribution in [2.24, 2.45) is 0 Å². The molecule has 33 heavy (non-hydrogen) atoms. The Morgan fingerprint density at radius 1 is 1.21 bits per heavy atom. The molecule has 0 aromatic carbocycles. The fourth-order valence-electron chi connectivity index (χ4n) is 3.72. The molecule has 1 fully saturated rings. The van der Waals surface area contributed by atoms with Gasteiger partial charge in [0.2, 0.25) is 0 Å². The Labute approximate surface area is 187 Å². The summed E-state index contributed by atoms with van der Waals surface area (Å²) in [5.41, 5.74) is 1.19. The van der Waals surface area contributed by atoms with Crippen molar-refractivity contribution in [3.8, 4) is 17.0 Å². The number of pyridine rings is 1. The smallest absolute Gasteiger partial charge is 0.422 e. The zero-order chi connectivity index (χ0) is 23.3. The molecule has 0 unspecified atom stereocenters. The Morgan fingerprint density at radius 3 is 2.79 bits per heavy atom. The van der Waals surface area contributed by atoms with Crippen LogP contribution in [0.25, 0.3) is 16.9 Å². The van der Waals surface area contributed by atoms with Gasteiger partial charge in [-0.05, 0) is 18.4 Å². The van der Waals surface area contributed by atoms with E-state index in [4.69, 9.17) is 16.3 Å². The summed E-state index contributed by atoms with van der Waals surface area (Å²) < 4.78 is 43.9. The zero-order valence-corrected chi connectivity index (χ0v) is 17.3. The molecule has 1 aliphatic rings. The van der Waals surface area contributed by atoms with Gasteiger partial charge in [0.15, 0.2) is 12.3 Å². The Bertz CT molecular complexity index is 1480. The number of aromatic nitrogens is 6. The lowest BCUT2D eigenvalue weighted by atomic mass is 10.1.